The molecule has 4 aromatic rings. The molecular weight excluding hydrogens is 266 g/mol. The van der Waals surface area contributed by atoms with Gasteiger partial charge in [0.2, 0.25) is 5.95 Å². The van der Waals surface area contributed by atoms with Gasteiger partial charge in [-0.05, 0) is 24.3 Å². The molecule has 0 fully saturated rings. The topological polar surface area (TPSA) is 89.3 Å². The molecule has 0 bridgehead atoms. The second-order valence-electron chi connectivity index (χ2n) is 4.71. The Morgan fingerprint density at radius 1 is 1.00 bits per heavy atom. The first-order valence-electron chi connectivity index (χ1n) is 6.43. The number of aromatic nitrogens is 4. The van der Waals surface area contributed by atoms with Gasteiger partial charge in [-0.25, -0.2) is 9.97 Å². The molecule has 0 aliphatic carbocycles. The fourth-order valence-corrected chi connectivity index (χ4v) is 2.34. The van der Waals surface area contributed by atoms with E-state index in [1.165, 1.54) is 4.52 Å². The monoisotopic (exact) mass is 277 g/mol. The van der Waals surface area contributed by atoms with E-state index in [0.717, 1.165) is 16.5 Å². The Kier molecular flexibility index (Phi) is 2.32. The van der Waals surface area contributed by atoms with Crippen LogP contribution in [0.25, 0.3) is 27.9 Å². The largest absolute Gasteiger partial charge is 0.508 e. The molecule has 0 aliphatic rings. The summed E-state index contributed by atoms with van der Waals surface area (Å²) in [6.45, 7) is 0. The molecule has 4 rings (SSSR count). The zero-order chi connectivity index (χ0) is 14.4. The third-order valence-electron chi connectivity index (χ3n) is 3.31. The van der Waals surface area contributed by atoms with E-state index in [0.29, 0.717) is 11.5 Å². The van der Waals surface area contributed by atoms with Crippen molar-refractivity contribution in [3.63, 3.8) is 0 Å². The number of fused-ring (bicyclic) bond motifs is 3. The molecule has 2 aromatic heterocycles. The summed E-state index contributed by atoms with van der Waals surface area (Å²) >= 11 is 0. The molecule has 0 atom stereocenters. The minimum absolute atomic E-state index is 0.169. The highest BCUT2D eigenvalue weighted by molar-refractivity contribution is 5.92. The molecule has 21 heavy (non-hydrogen) atoms. The highest BCUT2D eigenvalue weighted by Gasteiger charge is 2.12. The summed E-state index contributed by atoms with van der Waals surface area (Å²) < 4.78 is 1.52. The first-order chi connectivity index (χ1) is 10.2. The maximum atomic E-state index is 9.58. The van der Waals surface area contributed by atoms with Crippen LogP contribution >= 0.6 is 0 Å². The molecule has 0 spiro atoms. The van der Waals surface area contributed by atoms with E-state index >= 15 is 0 Å². The van der Waals surface area contributed by atoms with Crippen molar-refractivity contribution in [2.45, 2.75) is 0 Å². The van der Waals surface area contributed by atoms with Crippen molar-refractivity contribution in [3.05, 3.63) is 48.5 Å². The van der Waals surface area contributed by atoms with Gasteiger partial charge in [0.15, 0.2) is 11.5 Å². The average molecular weight is 277 g/mol. The number of hydrogen-bond donors (Lipinski definition) is 2. The fourth-order valence-electron chi connectivity index (χ4n) is 2.34. The number of nitrogens with two attached hydrogens (primary N) is 1. The lowest BCUT2D eigenvalue weighted by Gasteiger charge is -2.00. The second kappa shape index (κ2) is 4.17. The van der Waals surface area contributed by atoms with Gasteiger partial charge >= 0.3 is 0 Å². The normalized spacial score (nSPS) is 11.2. The Hall–Kier alpha value is -3.15. The van der Waals surface area contributed by atoms with E-state index in [4.69, 9.17) is 5.73 Å². The summed E-state index contributed by atoms with van der Waals surface area (Å²) in [6.07, 6.45) is 0. The summed E-state index contributed by atoms with van der Waals surface area (Å²) in [5.74, 6) is 0.945. The number of phenols is 1. The van der Waals surface area contributed by atoms with Crippen molar-refractivity contribution < 1.29 is 5.11 Å². The second-order valence-corrected chi connectivity index (χ2v) is 4.71. The molecule has 0 unspecified atom stereocenters. The predicted octanol–water partition coefficient (Wildman–Crippen LogP) is 2.23. The van der Waals surface area contributed by atoms with Crippen LogP contribution in [-0.2, 0) is 0 Å². The number of aromatic hydroxyl groups is 1. The summed E-state index contributed by atoms with van der Waals surface area (Å²) in [4.78, 5) is 8.85. The molecule has 6 nitrogen and oxygen atoms in total. The number of nitrogens with zero attached hydrogens (tertiary/aromatic N) is 4. The van der Waals surface area contributed by atoms with Crippen molar-refractivity contribution in [3.8, 4) is 17.1 Å². The van der Waals surface area contributed by atoms with Gasteiger partial charge < -0.3 is 10.8 Å². The van der Waals surface area contributed by atoms with Crippen LogP contribution in [0.2, 0.25) is 0 Å². The number of phenolic OH excluding ortho intramolecular Hbond substituents is 1. The molecule has 0 saturated carbocycles. The molecule has 0 radical (unpaired) electrons. The highest BCUT2D eigenvalue weighted by atomic mass is 16.3. The number of anilines is 1. The van der Waals surface area contributed by atoms with Crippen LogP contribution in [0.15, 0.2) is 48.5 Å². The maximum absolute atomic E-state index is 9.58. The number of benzene rings is 2. The van der Waals surface area contributed by atoms with E-state index in [2.05, 4.69) is 15.1 Å². The molecule has 0 amide bonds. The third kappa shape index (κ3) is 1.77. The van der Waals surface area contributed by atoms with E-state index in [1.54, 1.807) is 18.2 Å². The molecular formula is C15H11N5O. The fraction of sp³-hybridized carbons (Fsp3) is 0. The first-order valence-corrected chi connectivity index (χ1v) is 6.43. The summed E-state index contributed by atoms with van der Waals surface area (Å²) in [6, 6.07) is 14.4. The average Bonchev–Trinajstić information content (AvgIpc) is 2.93. The number of rotatable bonds is 1. The molecule has 6 heteroatoms. The number of nitrogen functional groups attached to an aromatic ring is 1. The molecule has 2 heterocycles. The Bertz CT molecular complexity index is 976. The molecule has 102 valence electrons. The lowest BCUT2D eigenvalue weighted by Crippen LogP contribution is -2.02. The standard InChI is InChI=1S/C15H11N5O/c16-15-17-12-7-2-1-6-11(12)14-18-13(19-20(14)15)9-4-3-5-10(21)8-9/h1-8,21H,(H2,16,17). The zero-order valence-electron chi connectivity index (χ0n) is 10.9. The minimum atomic E-state index is 0.169. The Morgan fingerprint density at radius 3 is 2.71 bits per heavy atom. The van der Waals surface area contributed by atoms with Gasteiger partial charge in [0.25, 0.3) is 0 Å². The van der Waals surface area contributed by atoms with E-state index < -0.39 is 0 Å². The molecule has 0 aliphatic heterocycles. The van der Waals surface area contributed by atoms with Crippen LogP contribution in [0.1, 0.15) is 0 Å². The lowest BCUT2D eigenvalue weighted by atomic mass is 10.2. The van der Waals surface area contributed by atoms with Crippen LogP contribution in [0.5, 0.6) is 5.75 Å². The van der Waals surface area contributed by atoms with Crippen LogP contribution in [0.3, 0.4) is 0 Å². The Labute approximate surface area is 119 Å². The van der Waals surface area contributed by atoms with Gasteiger partial charge in [0.05, 0.1) is 5.52 Å². The van der Waals surface area contributed by atoms with Crippen molar-refractivity contribution in [2.75, 3.05) is 5.73 Å². The molecule has 0 saturated heterocycles. The summed E-state index contributed by atoms with van der Waals surface area (Å²) in [5.41, 5.74) is 8.09. The predicted molar refractivity (Wildman–Crippen MR) is 79.8 cm³/mol. The summed E-state index contributed by atoms with van der Waals surface area (Å²) in [5, 5.41) is 14.8. The first kappa shape index (κ1) is 11.7. The van der Waals surface area contributed by atoms with Crippen molar-refractivity contribution in [1.29, 1.82) is 0 Å². The van der Waals surface area contributed by atoms with Crippen LogP contribution < -0.4 is 5.73 Å². The van der Waals surface area contributed by atoms with Crippen molar-refractivity contribution in [2.24, 2.45) is 0 Å². The van der Waals surface area contributed by atoms with Gasteiger partial charge in [0, 0.05) is 10.9 Å². The summed E-state index contributed by atoms with van der Waals surface area (Å²) in [7, 11) is 0. The van der Waals surface area contributed by atoms with Crippen LogP contribution in [0.4, 0.5) is 5.95 Å². The van der Waals surface area contributed by atoms with Gasteiger partial charge in [-0.15, -0.1) is 5.10 Å². The zero-order valence-corrected chi connectivity index (χ0v) is 10.9. The third-order valence-corrected chi connectivity index (χ3v) is 3.31. The lowest BCUT2D eigenvalue weighted by molar-refractivity contribution is 0.475. The van der Waals surface area contributed by atoms with Gasteiger partial charge in [-0.3, -0.25) is 0 Å². The number of hydrogen-bond acceptors (Lipinski definition) is 5. The maximum Gasteiger partial charge on any atom is 0.223 e. The van der Waals surface area contributed by atoms with E-state index in [9.17, 15) is 5.11 Å². The molecule has 2 aromatic carbocycles. The number of para-hydroxylation sites is 1. The van der Waals surface area contributed by atoms with Gasteiger partial charge in [-0.1, -0.05) is 24.3 Å². The van der Waals surface area contributed by atoms with Crippen molar-refractivity contribution >= 4 is 22.5 Å². The highest BCUT2D eigenvalue weighted by Crippen LogP contribution is 2.24. The van der Waals surface area contributed by atoms with E-state index in [1.807, 2.05) is 30.3 Å². The van der Waals surface area contributed by atoms with E-state index in [-0.39, 0.29) is 11.7 Å². The van der Waals surface area contributed by atoms with Crippen LogP contribution in [0, 0.1) is 0 Å². The molecule has 3 N–H and O–H groups in total. The SMILES string of the molecule is Nc1nc2ccccc2c2nc(-c3cccc(O)c3)nn12. The minimum Gasteiger partial charge on any atom is -0.508 e. The smallest absolute Gasteiger partial charge is 0.223 e. The Morgan fingerprint density at radius 2 is 1.86 bits per heavy atom. The quantitative estimate of drug-likeness (QED) is 0.557. The van der Waals surface area contributed by atoms with Gasteiger partial charge in [0.1, 0.15) is 5.75 Å². The van der Waals surface area contributed by atoms with Crippen LogP contribution in [-0.4, -0.2) is 24.7 Å². The van der Waals surface area contributed by atoms with Crippen molar-refractivity contribution in [1.82, 2.24) is 19.6 Å². The van der Waals surface area contributed by atoms with Gasteiger partial charge in [-0.2, -0.15) is 4.52 Å². The Balaban J connectivity index is 2.06.